The average Bonchev–Trinajstić information content (AvgIpc) is 3.09. The summed E-state index contributed by atoms with van der Waals surface area (Å²) in [5, 5.41) is 17.4. The van der Waals surface area contributed by atoms with Gasteiger partial charge in [0.15, 0.2) is 5.69 Å². The molecule has 5 rings (SSSR count). The van der Waals surface area contributed by atoms with Gasteiger partial charge in [-0.05, 0) is 32.4 Å². The largest absolute Gasteiger partial charge is 0.318 e. The monoisotopic (exact) mass is 412 g/mol. The van der Waals surface area contributed by atoms with Gasteiger partial charge in [0, 0.05) is 35.2 Å². The van der Waals surface area contributed by atoms with E-state index in [2.05, 4.69) is 25.9 Å². The van der Waals surface area contributed by atoms with Crippen LogP contribution in [0.1, 0.15) is 47.6 Å². The Morgan fingerprint density at radius 3 is 2.86 bits per heavy atom. The Labute approximate surface area is 167 Å². The third-order valence-electron chi connectivity index (χ3n) is 6.55. The van der Waals surface area contributed by atoms with E-state index in [-0.39, 0.29) is 36.8 Å². The van der Waals surface area contributed by atoms with E-state index in [0.29, 0.717) is 23.0 Å². The topological polar surface area (TPSA) is 87.6 Å². The second-order valence-corrected chi connectivity index (χ2v) is 8.15. The first-order valence-corrected chi connectivity index (χ1v) is 9.40. The summed E-state index contributed by atoms with van der Waals surface area (Å²) in [6, 6.07) is 0.324. The van der Waals surface area contributed by atoms with Crippen molar-refractivity contribution in [1.29, 1.82) is 0 Å². The molecule has 3 N–H and O–H groups in total. The number of carbonyl (C=O) groups is 1. The van der Waals surface area contributed by atoms with Crippen molar-refractivity contribution in [3.63, 3.8) is 0 Å². The number of fused-ring (bicyclic) bond motifs is 2. The van der Waals surface area contributed by atoms with Gasteiger partial charge in [-0.25, -0.2) is 8.78 Å². The Morgan fingerprint density at radius 1 is 1.36 bits per heavy atom. The number of anilines is 1. The number of amides is 1. The number of carbonyl (C=O) groups excluding carboxylic acids is 1. The van der Waals surface area contributed by atoms with E-state index < -0.39 is 17.3 Å². The van der Waals surface area contributed by atoms with E-state index in [9.17, 15) is 13.6 Å². The number of halogens is 3. The smallest absolute Gasteiger partial charge is 0.276 e. The lowest BCUT2D eigenvalue weighted by atomic mass is 9.87. The molecule has 2 aromatic rings. The van der Waals surface area contributed by atoms with Gasteiger partial charge >= 0.3 is 0 Å². The van der Waals surface area contributed by atoms with Crippen LogP contribution in [0.4, 0.5) is 14.5 Å². The molecule has 2 aromatic heterocycles. The first-order valence-electron chi connectivity index (χ1n) is 9.40. The van der Waals surface area contributed by atoms with Crippen molar-refractivity contribution in [2.24, 2.45) is 11.3 Å². The lowest BCUT2D eigenvalue weighted by Crippen LogP contribution is -2.29. The van der Waals surface area contributed by atoms with E-state index in [0.717, 1.165) is 25.9 Å². The van der Waals surface area contributed by atoms with Gasteiger partial charge in [-0.2, -0.15) is 10.2 Å². The minimum Gasteiger partial charge on any atom is -0.318 e. The number of H-pyrrole nitrogens is 1. The van der Waals surface area contributed by atoms with Crippen molar-refractivity contribution in [1.82, 2.24) is 25.3 Å². The van der Waals surface area contributed by atoms with Gasteiger partial charge in [0.05, 0.1) is 17.9 Å². The molecular weight excluding hydrogens is 390 g/mol. The van der Waals surface area contributed by atoms with Crippen LogP contribution in [0.15, 0.2) is 12.4 Å². The molecule has 2 aliphatic carbocycles. The molecule has 0 unspecified atom stereocenters. The fourth-order valence-electron chi connectivity index (χ4n) is 4.66. The van der Waals surface area contributed by atoms with Crippen LogP contribution in [0.25, 0.3) is 0 Å². The second kappa shape index (κ2) is 6.52. The Balaban J connectivity index is 0.00000192. The molecule has 0 spiro atoms. The molecule has 0 aromatic carbocycles. The fraction of sp³-hybridized carbons (Fsp3) is 0.611. The summed E-state index contributed by atoms with van der Waals surface area (Å²) in [4.78, 5) is 12.7. The number of nitrogens with zero attached hydrogens (tertiary/aromatic N) is 3. The molecule has 2 atom stereocenters. The summed E-state index contributed by atoms with van der Waals surface area (Å²) in [5.41, 5.74) is 1.08. The Kier molecular flexibility index (Phi) is 4.50. The molecule has 28 heavy (non-hydrogen) atoms. The molecule has 152 valence electrons. The van der Waals surface area contributed by atoms with E-state index >= 15 is 0 Å². The number of aromatic nitrogens is 4. The van der Waals surface area contributed by atoms with Gasteiger partial charge in [-0.1, -0.05) is 6.92 Å². The van der Waals surface area contributed by atoms with Crippen molar-refractivity contribution >= 4 is 24.0 Å². The summed E-state index contributed by atoms with van der Waals surface area (Å²) in [5.74, 6) is -3.76. The standard InChI is InChI=1S/C18H22F2N6O.ClH/c1-17-7-13-12(6-14(17)18(17,19)20)15(25-24-13)16(27)23-10-8-22-26(9-10)11-2-4-21-5-3-11;/h8-9,11,14,21H,2-7H2,1H3,(H,23,27)(H,24,25);1H/t14-,17+;/m0./s1. The van der Waals surface area contributed by atoms with Crippen LogP contribution < -0.4 is 10.6 Å². The molecule has 10 heteroatoms. The number of alkyl halides is 2. The minimum atomic E-state index is -2.67. The van der Waals surface area contributed by atoms with Crippen LogP contribution >= 0.6 is 12.4 Å². The molecule has 3 aliphatic rings. The summed E-state index contributed by atoms with van der Waals surface area (Å²) in [6.07, 6.45) is 5.84. The van der Waals surface area contributed by atoms with Crippen LogP contribution in [0.2, 0.25) is 0 Å². The predicted molar refractivity (Wildman–Crippen MR) is 101 cm³/mol. The first-order chi connectivity index (χ1) is 12.9. The number of nitrogens with one attached hydrogen (secondary N) is 3. The average molecular weight is 413 g/mol. The van der Waals surface area contributed by atoms with Gasteiger partial charge < -0.3 is 10.6 Å². The summed E-state index contributed by atoms with van der Waals surface area (Å²) >= 11 is 0. The van der Waals surface area contributed by atoms with Crippen LogP contribution in [0.5, 0.6) is 0 Å². The maximum Gasteiger partial charge on any atom is 0.276 e. The highest BCUT2D eigenvalue weighted by molar-refractivity contribution is 6.04. The lowest BCUT2D eigenvalue weighted by molar-refractivity contribution is 0.0631. The lowest BCUT2D eigenvalue weighted by Gasteiger charge is -2.22. The summed E-state index contributed by atoms with van der Waals surface area (Å²) in [6.45, 7) is 3.52. The quantitative estimate of drug-likeness (QED) is 0.723. The van der Waals surface area contributed by atoms with Crippen LogP contribution in [-0.2, 0) is 12.8 Å². The highest BCUT2D eigenvalue weighted by atomic mass is 35.5. The van der Waals surface area contributed by atoms with Gasteiger partial charge in [-0.3, -0.25) is 14.6 Å². The van der Waals surface area contributed by atoms with E-state index in [4.69, 9.17) is 0 Å². The number of piperidine rings is 1. The molecule has 1 saturated heterocycles. The normalized spacial score (nSPS) is 28.0. The molecule has 0 radical (unpaired) electrons. The van der Waals surface area contributed by atoms with E-state index in [1.54, 1.807) is 13.1 Å². The Morgan fingerprint density at radius 2 is 2.11 bits per heavy atom. The maximum absolute atomic E-state index is 14.0. The van der Waals surface area contributed by atoms with Crippen LogP contribution in [-0.4, -0.2) is 44.9 Å². The fourth-order valence-corrected chi connectivity index (χ4v) is 4.66. The number of rotatable bonds is 3. The molecule has 2 fully saturated rings. The van der Waals surface area contributed by atoms with Crippen LogP contribution in [0.3, 0.4) is 0 Å². The zero-order valence-electron chi connectivity index (χ0n) is 15.5. The van der Waals surface area contributed by atoms with Crippen molar-refractivity contribution in [2.45, 2.75) is 44.6 Å². The van der Waals surface area contributed by atoms with Gasteiger partial charge in [0.25, 0.3) is 11.8 Å². The predicted octanol–water partition coefficient (Wildman–Crippen LogP) is 2.57. The van der Waals surface area contributed by atoms with Gasteiger partial charge in [0.1, 0.15) is 0 Å². The molecule has 0 bridgehead atoms. The van der Waals surface area contributed by atoms with Crippen molar-refractivity contribution < 1.29 is 13.6 Å². The van der Waals surface area contributed by atoms with E-state index in [1.165, 1.54) is 0 Å². The Bertz CT molecular complexity index is 906. The molecule has 1 saturated carbocycles. The minimum absolute atomic E-state index is 0. The highest BCUT2D eigenvalue weighted by Crippen LogP contribution is 2.70. The van der Waals surface area contributed by atoms with Crippen molar-refractivity contribution in [3.8, 4) is 0 Å². The zero-order valence-corrected chi connectivity index (χ0v) is 16.3. The Hall–Kier alpha value is -2.00. The highest BCUT2D eigenvalue weighted by Gasteiger charge is 2.78. The second-order valence-electron chi connectivity index (χ2n) is 8.15. The number of aromatic amines is 1. The molecule has 1 amide bonds. The van der Waals surface area contributed by atoms with Gasteiger partial charge in [-0.15, -0.1) is 12.4 Å². The summed E-state index contributed by atoms with van der Waals surface area (Å²) < 4.78 is 30.0. The van der Waals surface area contributed by atoms with Crippen molar-refractivity contribution in [3.05, 3.63) is 29.3 Å². The SMILES string of the molecule is C[C@@]12Cc3[nH]nc(C(=O)Nc4cnn(C5CCNCC5)c4)c3C[C@@H]1C2(F)F.Cl. The maximum atomic E-state index is 14.0. The first kappa shape index (κ1) is 19.3. The number of hydrogen-bond acceptors (Lipinski definition) is 4. The third kappa shape index (κ3) is 2.75. The van der Waals surface area contributed by atoms with E-state index in [1.807, 2.05) is 10.9 Å². The molecule has 1 aliphatic heterocycles. The molecule has 7 nitrogen and oxygen atoms in total. The number of hydrogen-bond donors (Lipinski definition) is 3. The zero-order chi connectivity index (χ0) is 18.8. The van der Waals surface area contributed by atoms with Crippen LogP contribution in [0, 0.1) is 11.3 Å². The third-order valence-corrected chi connectivity index (χ3v) is 6.55. The molecular formula is C18H23ClF2N6O. The van der Waals surface area contributed by atoms with Gasteiger partial charge in [0.2, 0.25) is 0 Å². The van der Waals surface area contributed by atoms with Crippen molar-refractivity contribution in [2.75, 3.05) is 18.4 Å². The molecule has 3 heterocycles. The summed E-state index contributed by atoms with van der Waals surface area (Å²) in [7, 11) is 0.